The zero-order valence-electron chi connectivity index (χ0n) is 18.1. The molecule has 1 amide bonds. The van der Waals surface area contributed by atoms with Crippen LogP contribution in [-0.4, -0.2) is 40.5 Å². The van der Waals surface area contributed by atoms with Crippen molar-refractivity contribution in [3.8, 4) is 0 Å². The minimum Gasteiger partial charge on any atom is -0.357 e. The van der Waals surface area contributed by atoms with Crippen LogP contribution in [0, 0.1) is 17.0 Å². The predicted molar refractivity (Wildman–Crippen MR) is 126 cm³/mol. The molecular formula is C25H21ClF2N4O2. The van der Waals surface area contributed by atoms with Gasteiger partial charge in [0.1, 0.15) is 11.7 Å². The molecule has 0 aliphatic carbocycles. The van der Waals surface area contributed by atoms with E-state index in [9.17, 15) is 18.4 Å². The Labute approximate surface area is 200 Å². The van der Waals surface area contributed by atoms with E-state index in [-0.39, 0.29) is 29.1 Å². The molecule has 9 heteroatoms. The molecule has 174 valence electrons. The van der Waals surface area contributed by atoms with E-state index in [0.717, 1.165) is 38.1 Å². The van der Waals surface area contributed by atoms with Crippen LogP contribution < -0.4 is 5.32 Å². The van der Waals surface area contributed by atoms with Gasteiger partial charge in [-0.15, -0.1) is 0 Å². The van der Waals surface area contributed by atoms with Gasteiger partial charge in [-0.25, -0.2) is 13.8 Å². The second-order valence-electron chi connectivity index (χ2n) is 7.96. The van der Waals surface area contributed by atoms with Crippen molar-refractivity contribution < 1.29 is 18.4 Å². The number of ketones is 1. The Morgan fingerprint density at radius 1 is 1.00 bits per heavy atom. The van der Waals surface area contributed by atoms with E-state index in [2.05, 4.69) is 10.3 Å². The summed E-state index contributed by atoms with van der Waals surface area (Å²) in [6.45, 7) is 1.68. The summed E-state index contributed by atoms with van der Waals surface area (Å²) in [4.78, 5) is 31.6. The first kappa shape index (κ1) is 23.5. The van der Waals surface area contributed by atoms with Gasteiger partial charge in [-0.3, -0.25) is 15.0 Å². The number of pyridine rings is 1. The number of anilines is 1. The average Bonchev–Trinajstić information content (AvgIpc) is 3.37. The van der Waals surface area contributed by atoms with E-state index in [0.29, 0.717) is 22.0 Å². The molecule has 1 aliphatic heterocycles. The molecule has 2 heterocycles. The summed E-state index contributed by atoms with van der Waals surface area (Å²) in [5, 5.41) is 11.2. The Kier molecular flexibility index (Phi) is 6.98. The lowest BCUT2D eigenvalue weighted by Crippen LogP contribution is -2.27. The number of benzene rings is 2. The molecule has 1 fully saturated rings. The van der Waals surface area contributed by atoms with Crippen molar-refractivity contribution in [2.45, 2.75) is 19.3 Å². The Morgan fingerprint density at radius 2 is 1.65 bits per heavy atom. The number of hydrogen-bond donors (Lipinski definition) is 2. The molecule has 0 unspecified atom stereocenters. The molecule has 0 spiro atoms. The van der Waals surface area contributed by atoms with Crippen LogP contribution in [0.1, 0.15) is 44.7 Å². The van der Waals surface area contributed by atoms with Crippen molar-refractivity contribution in [1.82, 2.24) is 9.88 Å². The highest BCUT2D eigenvalue weighted by molar-refractivity contribution is 6.30. The summed E-state index contributed by atoms with van der Waals surface area (Å²) in [5.74, 6) is -2.87. The van der Waals surface area contributed by atoms with Crippen LogP contribution >= 0.6 is 11.6 Å². The van der Waals surface area contributed by atoms with Gasteiger partial charge in [0.2, 0.25) is 0 Å². The van der Waals surface area contributed by atoms with Gasteiger partial charge < -0.3 is 10.2 Å². The SMILES string of the molecule is N=C(c1ccc(C(=O)Cc2cc(F)c(F)cc2C(=O)Nc2ccc(Cl)cn2)cc1)N1CCCC1. The highest BCUT2D eigenvalue weighted by Gasteiger charge is 2.20. The highest BCUT2D eigenvalue weighted by atomic mass is 35.5. The van der Waals surface area contributed by atoms with Crippen molar-refractivity contribution in [2.24, 2.45) is 0 Å². The molecule has 6 nitrogen and oxygen atoms in total. The zero-order chi connectivity index (χ0) is 24.2. The van der Waals surface area contributed by atoms with E-state index in [1.165, 1.54) is 18.3 Å². The molecule has 4 rings (SSSR count). The molecular weight excluding hydrogens is 462 g/mol. The number of rotatable bonds is 6. The number of carbonyl (C=O) groups excluding carboxylic acids is 2. The smallest absolute Gasteiger partial charge is 0.257 e. The number of aromatic nitrogens is 1. The second kappa shape index (κ2) is 10.1. The Morgan fingerprint density at radius 3 is 2.29 bits per heavy atom. The van der Waals surface area contributed by atoms with Crippen molar-refractivity contribution in [1.29, 1.82) is 5.41 Å². The lowest BCUT2D eigenvalue weighted by molar-refractivity contribution is 0.0992. The largest absolute Gasteiger partial charge is 0.357 e. The predicted octanol–water partition coefficient (Wildman–Crippen LogP) is 5.11. The van der Waals surface area contributed by atoms with Gasteiger partial charge in [0.05, 0.1) is 5.02 Å². The van der Waals surface area contributed by atoms with Gasteiger partial charge in [-0.2, -0.15) is 0 Å². The molecule has 0 atom stereocenters. The number of amides is 1. The van der Waals surface area contributed by atoms with Crippen LogP contribution in [0.3, 0.4) is 0 Å². The van der Waals surface area contributed by atoms with Gasteiger partial charge >= 0.3 is 0 Å². The van der Waals surface area contributed by atoms with Gasteiger partial charge in [-0.1, -0.05) is 35.9 Å². The number of nitrogens with zero attached hydrogens (tertiary/aromatic N) is 2. The van der Waals surface area contributed by atoms with Gasteiger partial charge in [-0.05, 0) is 42.7 Å². The van der Waals surface area contributed by atoms with E-state index < -0.39 is 17.5 Å². The molecule has 0 radical (unpaired) electrons. The second-order valence-corrected chi connectivity index (χ2v) is 8.40. The number of halogens is 3. The fourth-order valence-corrected chi connectivity index (χ4v) is 3.90. The highest BCUT2D eigenvalue weighted by Crippen LogP contribution is 2.20. The van der Waals surface area contributed by atoms with Crippen LogP contribution in [0.15, 0.2) is 54.7 Å². The van der Waals surface area contributed by atoms with Crippen molar-refractivity contribution >= 4 is 34.9 Å². The van der Waals surface area contributed by atoms with Crippen molar-refractivity contribution in [3.05, 3.63) is 93.6 Å². The number of likely N-dealkylation sites (tertiary alicyclic amines) is 1. The van der Waals surface area contributed by atoms with Crippen LogP contribution in [-0.2, 0) is 6.42 Å². The fourth-order valence-electron chi connectivity index (χ4n) is 3.79. The monoisotopic (exact) mass is 482 g/mol. The molecule has 2 N–H and O–H groups in total. The fraction of sp³-hybridized carbons (Fsp3) is 0.200. The minimum atomic E-state index is -1.20. The van der Waals surface area contributed by atoms with Crippen LogP contribution in [0.4, 0.5) is 14.6 Å². The number of amidine groups is 1. The van der Waals surface area contributed by atoms with Gasteiger partial charge in [0.15, 0.2) is 17.4 Å². The van der Waals surface area contributed by atoms with E-state index >= 15 is 0 Å². The maximum Gasteiger partial charge on any atom is 0.257 e. The zero-order valence-corrected chi connectivity index (χ0v) is 18.8. The third-order valence-corrected chi connectivity index (χ3v) is 5.84. The van der Waals surface area contributed by atoms with Crippen molar-refractivity contribution in [3.63, 3.8) is 0 Å². The summed E-state index contributed by atoms with van der Waals surface area (Å²) >= 11 is 5.79. The quantitative estimate of drug-likeness (QED) is 0.290. The first-order valence-electron chi connectivity index (χ1n) is 10.7. The first-order chi connectivity index (χ1) is 16.3. The lowest BCUT2D eigenvalue weighted by atomic mass is 9.97. The Hall–Kier alpha value is -3.65. The number of hydrogen-bond acceptors (Lipinski definition) is 4. The topological polar surface area (TPSA) is 86.1 Å². The molecule has 34 heavy (non-hydrogen) atoms. The average molecular weight is 483 g/mol. The maximum atomic E-state index is 14.0. The van der Waals surface area contributed by atoms with Crippen LogP contribution in [0.5, 0.6) is 0 Å². The first-order valence-corrected chi connectivity index (χ1v) is 11.1. The normalized spacial score (nSPS) is 13.1. The molecule has 3 aromatic rings. The molecule has 2 aromatic carbocycles. The standard InChI is InChI=1S/C25H21ClF2N4O2/c26-18-7-8-23(30-14-18)31-25(34)19-13-21(28)20(27)11-17(19)12-22(33)15-3-5-16(6-4-15)24(29)32-9-1-2-10-32/h3-8,11,13-14,29H,1-2,9-10,12H2,(H,30,31,34). The Bertz CT molecular complexity index is 1240. The minimum absolute atomic E-state index is 0.0456. The number of carbonyl (C=O) groups is 2. The number of Topliss-reactive ketones (excluding diaryl/α,β-unsaturated/α-hetero) is 1. The molecule has 0 saturated carbocycles. The maximum absolute atomic E-state index is 14.0. The Balaban J connectivity index is 1.52. The summed E-state index contributed by atoms with van der Waals surface area (Å²) < 4.78 is 27.9. The van der Waals surface area contributed by atoms with Crippen LogP contribution in [0.25, 0.3) is 0 Å². The van der Waals surface area contributed by atoms with E-state index in [1.807, 2.05) is 4.90 Å². The van der Waals surface area contributed by atoms with Gasteiger partial charge in [0.25, 0.3) is 5.91 Å². The number of nitrogens with one attached hydrogen (secondary N) is 2. The molecule has 1 aliphatic rings. The summed E-state index contributed by atoms with van der Waals surface area (Å²) in [6, 6.07) is 11.2. The van der Waals surface area contributed by atoms with E-state index in [4.69, 9.17) is 17.0 Å². The summed E-state index contributed by atoms with van der Waals surface area (Å²) in [6.07, 6.45) is 3.13. The van der Waals surface area contributed by atoms with Gasteiger partial charge in [0, 0.05) is 42.4 Å². The summed E-state index contributed by atoms with van der Waals surface area (Å²) in [5.41, 5.74) is 0.913. The molecule has 0 bridgehead atoms. The summed E-state index contributed by atoms with van der Waals surface area (Å²) in [7, 11) is 0. The van der Waals surface area contributed by atoms with Crippen molar-refractivity contribution in [2.75, 3.05) is 18.4 Å². The van der Waals surface area contributed by atoms with E-state index in [1.54, 1.807) is 24.3 Å². The third kappa shape index (κ3) is 5.28. The lowest BCUT2D eigenvalue weighted by Gasteiger charge is -2.18. The van der Waals surface area contributed by atoms with Crippen LogP contribution in [0.2, 0.25) is 5.02 Å². The third-order valence-electron chi connectivity index (χ3n) is 5.61. The molecule has 1 saturated heterocycles. The molecule has 1 aromatic heterocycles.